The lowest BCUT2D eigenvalue weighted by atomic mass is 9.75. The number of aryl methyl sites for hydroxylation is 1. The van der Waals surface area contributed by atoms with E-state index in [1.165, 1.54) is 64.8 Å². The standard InChI is InChI=1S/C23H30S/c1-7-9-18(17-11-8-10-16(17)4)22-21(15(2)3)19-14-23(5,6)13-12-20(19)24-22/h7,9H,2,4,8,10-14H2,1,3,5-6H3/b9-7-,18-17+. The van der Waals surface area contributed by atoms with Crippen LogP contribution in [0.5, 0.6) is 0 Å². The number of fused-ring (bicyclic) bond motifs is 1. The number of allylic oxidation sites excluding steroid dienone is 6. The van der Waals surface area contributed by atoms with Crippen molar-refractivity contribution in [3.63, 3.8) is 0 Å². The van der Waals surface area contributed by atoms with E-state index in [2.05, 4.69) is 53.0 Å². The molecule has 3 rings (SSSR count). The third-order valence-corrected chi connectivity index (χ3v) is 6.76. The van der Waals surface area contributed by atoms with Crippen molar-refractivity contribution in [2.75, 3.05) is 0 Å². The molecule has 0 aliphatic heterocycles. The van der Waals surface area contributed by atoms with Crippen LogP contribution < -0.4 is 0 Å². The molecule has 24 heavy (non-hydrogen) atoms. The highest BCUT2D eigenvalue weighted by atomic mass is 32.1. The Morgan fingerprint density at radius 1 is 1.21 bits per heavy atom. The molecular weight excluding hydrogens is 308 g/mol. The van der Waals surface area contributed by atoms with Crippen LogP contribution in [-0.2, 0) is 12.8 Å². The highest BCUT2D eigenvalue weighted by Crippen LogP contribution is 2.48. The van der Waals surface area contributed by atoms with Crippen LogP contribution in [0.4, 0.5) is 0 Å². The van der Waals surface area contributed by atoms with Crippen LogP contribution >= 0.6 is 11.3 Å². The third-order valence-electron chi connectivity index (χ3n) is 5.44. The quantitative estimate of drug-likeness (QED) is 0.540. The van der Waals surface area contributed by atoms with Gasteiger partial charge in [-0.2, -0.15) is 0 Å². The van der Waals surface area contributed by atoms with Gasteiger partial charge < -0.3 is 0 Å². The average molecular weight is 339 g/mol. The molecule has 128 valence electrons. The van der Waals surface area contributed by atoms with E-state index in [-0.39, 0.29) is 0 Å². The average Bonchev–Trinajstić information content (AvgIpc) is 3.07. The summed E-state index contributed by atoms with van der Waals surface area (Å²) in [6.45, 7) is 17.8. The largest absolute Gasteiger partial charge is 0.139 e. The van der Waals surface area contributed by atoms with Crippen LogP contribution in [0.1, 0.15) is 74.3 Å². The fraction of sp³-hybridized carbons (Fsp3) is 0.478. The number of rotatable bonds is 3. The Bertz CT molecular complexity index is 749. The SMILES string of the molecule is C=C1CCC/C1=C(/C=C\C)c1sc2c(c1C(=C)C)CC(C)(C)CC2. The van der Waals surface area contributed by atoms with Gasteiger partial charge in [-0.1, -0.05) is 44.7 Å². The Labute approximate surface area is 151 Å². The lowest BCUT2D eigenvalue weighted by molar-refractivity contribution is 0.317. The molecule has 0 atom stereocenters. The second kappa shape index (κ2) is 6.52. The van der Waals surface area contributed by atoms with Crippen molar-refractivity contribution in [2.45, 2.75) is 66.2 Å². The molecule has 1 aromatic rings. The summed E-state index contributed by atoms with van der Waals surface area (Å²) in [5, 5.41) is 0. The summed E-state index contributed by atoms with van der Waals surface area (Å²) in [5.41, 5.74) is 8.85. The van der Waals surface area contributed by atoms with E-state index in [1.54, 1.807) is 10.4 Å². The van der Waals surface area contributed by atoms with Gasteiger partial charge in [0.05, 0.1) is 0 Å². The fourth-order valence-corrected chi connectivity index (χ4v) is 5.62. The van der Waals surface area contributed by atoms with Gasteiger partial charge in [0.15, 0.2) is 0 Å². The predicted octanol–water partition coefficient (Wildman–Crippen LogP) is 7.37. The van der Waals surface area contributed by atoms with Gasteiger partial charge in [-0.05, 0) is 85.6 Å². The van der Waals surface area contributed by atoms with Crippen LogP contribution in [0.2, 0.25) is 0 Å². The highest BCUT2D eigenvalue weighted by molar-refractivity contribution is 7.13. The van der Waals surface area contributed by atoms with Crippen molar-refractivity contribution in [2.24, 2.45) is 5.41 Å². The van der Waals surface area contributed by atoms with Crippen molar-refractivity contribution >= 4 is 22.5 Å². The van der Waals surface area contributed by atoms with Crippen LogP contribution in [0.25, 0.3) is 11.1 Å². The zero-order valence-corrected chi connectivity index (χ0v) is 16.5. The van der Waals surface area contributed by atoms with Gasteiger partial charge in [-0.25, -0.2) is 0 Å². The van der Waals surface area contributed by atoms with Crippen molar-refractivity contribution in [3.8, 4) is 0 Å². The highest BCUT2D eigenvalue weighted by Gasteiger charge is 2.31. The molecule has 0 bridgehead atoms. The predicted molar refractivity (Wildman–Crippen MR) is 110 cm³/mol. The smallest absolute Gasteiger partial charge is 0.0426 e. The molecule has 1 fully saturated rings. The zero-order valence-electron chi connectivity index (χ0n) is 15.7. The zero-order chi connectivity index (χ0) is 17.5. The normalized spacial score (nSPS) is 22.1. The topological polar surface area (TPSA) is 0 Å². The summed E-state index contributed by atoms with van der Waals surface area (Å²) in [7, 11) is 0. The first kappa shape index (κ1) is 17.5. The summed E-state index contributed by atoms with van der Waals surface area (Å²) in [6, 6.07) is 0. The van der Waals surface area contributed by atoms with Crippen molar-refractivity contribution in [1.29, 1.82) is 0 Å². The minimum atomic E-state index is 0.403. The molecule has 0 aromatic carbocycles. The maximum atomic E-state index is 4.34. The summed E-state index contributed by atoms with van der Waals surface area (Å²) in [6.07, 6.45) is 11.7. The maximum absolute atomic E-state index is 4.34. The van der Waals surface area contributed by atoms with Crippen LogP contribution in [0, 0.1) is 5.41 Å². The van der Waals surface area contributed by atoms with E-state index in [0.29, 0.717) is 5.41 Å². The number of hydrogen-bond donors (Lipinski definition) is 0. The Hall–Kier alpha value is -1.34. The summed E-state index contributed by atoms with van der Waals surface area (Å²) in [4.78, 5) is 3.04. The molecule has 0 N–H and O–H groups in total. The van der Waals surface area contributed by atoms with Crippen LogP contribution in [0.3, 0.4) is 0 Å². The van der Waals surface area contributed by atoms with Gasteiger partial charge in [0, 0.05) is 9.75 Å². The molecular formula is C23H30S. The van der Waals surface area contributed by atoms with E-state index < -0.39 is 0 Å². The summed E-state index contributed by atoms with van der Waals surface area (Å²) < 4.78 is 0. The second-order valence-corrected chi connectivity index (χ2v) is 9.28. The van der Waals surface area contributed by atoms with Gasteiger partial charge in [0.1, 0.15) is 0 Å². The molecule has 0 unspecified atom stereocenters. The molecule has 1 heteroatoms. The van der Waals surface area contributed by atoms with Gasteiger partial charge in [0.25, 0.3) is 0 Å². The first-order valence-corrected chi connectivity index (χ1v) is 10.0. The lowest BCUT2D eigenvalue weighted by Gasteiger charge is -2.30. The van der Waals surface area contributed by atoms with Gasteiger partial charge in [-0.15, -0.1) is 11.3 Å². The van der Waals surface area contributed by atoms with E-state index in [9.17, 15) is 0 Å². The Morgan fingerprint density at radius 2 is 1.96 bits per heavy atom. The van der Waals surface area contributed by atoms with Crippen LogP contribution in [0.15, 0.2) is 36.5 Å². The molecule has 0 radical (unpaired) electrons. The van der Waals surface area contributed by atoms with Gasteiger partial charge in [0.2, 0.25) is 0 Å². The Kier molecular flexibility index (Phi) is 4.75. The van der Waals surface area contributed by atoms with Gasteiger partial charge in [-0.3, -0.25) is 0 Å². The maximum Gasteiger partial charge on any atom is 0.0426 e. The first-order valence-electron chi connectivity index (χ1n) is 9.19. The van der Waals surface area contributed by atoms with Crippen molar-refractivity contribution in [1.82, 2.24) is 0 Å². The number of thiophene rings is 1. The van der Waals surface area contributed by atoms with E-state index in [0.717, 1.165) is 6.42 Å². The van der Waals surface area contributed by atoms with E-state index in [1.807, 2.05) is 11.3 Å². The third kappa shape index (κ3) is 3.11. The Morgan fingerprint density at radius 3 is 2.54 bits per heavy atom. The van der Waals surface area contributed by atoms with Crippen molar-refractivity contribution < 1.29 is 0 Å². The molecule has 2 aliphatic carbocycles. The van der Waals surface area contributed by atoms with Crippen molar-refractivity contribution in [3.05, 3.63) is 57.3 Å². The summed E-state index contributed by atoms with van der Waals surface area (Å²) >= 11 is 2.02. The van der Waals surface area contributed by atoms with Crippen LogP contribution in [-0.4, -0.2) is 0 Å². The molecule has 2 aliphatic rings. The summed E-state index contributed by atoms with van der Waals surface area (Å²) in [5.74, 6) is 0. The molecule has 0 nitrogen and oxygen atoms in total. The monoisotopic (exact) mass is 338 g/mol. The molecule has 0 saturated heterocycles. The minimum absolute atomic E-state index is 0.403. The van der Waals surface area contributed by atoms with E-state index >= 15 is 0 Å². The van der Waals surface area contributed by atoms with E-state index in [4.69, 9.17) is 0 Å². The Balaban J connectivity index is 2.22. The second-order valence-electron chi connectivity index (χ2n) is 8.18. The minimum Gasteiger partial charge on any atom is -0.139 e. The number of hydrogen-bond acceptors (Lipinski definition) is 1. The lowest BCUT2D eigenvalue weighted by Crippen LogP contribution is -2.21. The first-order chi connectivity index (χ1) is 11.3. The van der Waals surface area contributed by atoms with Gasteiger partial charge >= 0.3 is 0 Å². The molecule has 1 heterocycles. The molecule has 0 amide bonds. The molecule has 0 spiro atoms. The fourth-order valence-electron chi connectivity index (χ4n) is 4.17. The molecule has 1 saturated carbocycles. The molecule has 1 aromatic heterocycles.